The topological polar surface area (TPSA) is 37.3 Å². The Bertz CT molecular complexity index is 1060. The van der Waals surface area contributed by atoms with Crippen molar-refractivity contribution in [2.45, 2.75) is 6.42 Å². The molecule has 0 aliphatic heterocycles. The van der Waals surface area contributed by atoms with Crippen molar-refractivity contribution in [3.8, 4) is 0 Å². The maximum atomic E-state index is 11.2. The molecule has 0 heterocycles. The van der Waals surface area contributed by atoms with E-state index in [1.807, 2.05) is 12.1 Å². The van der Waals surface area contributed by atoms with Crippen LogP contribution >= 0.6 is 20.8 Å². The van der Waals surface area contributed by atoms with Gasteiger partial charge in [0.1, 0.15) is 0 Å². The summed E-state index contributed by atoms with van der Waals surface area (Å²) in [4.78, 5) is 11.2. The molecule has 2 nitrogen and oxygen atoms in total. The molecule has 0 aromatic heterocycles. The van der Waals surface area contributed by atoms with Crippen LogP contribution in [0.15, 0.2) is 115 Å². The van der Waals surface area contributed by atoms with Gasteiger partial charge in [-0.3, -0.25) is 0 Å². The van der Waals surface area contributed by atoms with Crippen LogP contribution in [-0.2, 0) is 6.42 Å². The third kappa shape index (κ3) is 3.96. The fourth-order valence-electron chi connectivity index (χ4n) is 4.20. The van der Waals surface area contributed by atoms with Gasteiger partial charge in [0.05, 0.1) is 0 Å². The Kier molecular flexibility index (Phi) is 6.09. The van der Waals surface area contributed by atoms with Crippen LogP contribution in [0.4, 0.5) is 0 Å². The second kappa shape index (κ2) is 8.78. The van der Waals surface area contributed by atoms with E-state index in [0.29, 0.717) is 5.56 Å². The van der Waals surface area contributed by atoms with Crippen molar-refractivity contribution in [1.82, 2.24) is 0 Å². The van der Waals surface area contributed by atoms with Crippen molar-refractivity contribution in [3.05, 3.63) is 126 Å². The van der Waals surface area contributed by atoms with Gasteiger partial charge < -0.3 is 0 Å². The first-order valence-electron chi connectivity index (χ1n) is 10.2. The fourth-order valence-corrected chi connectivity index (χ4v) is 11.6. The molecule has 156 valence electrons. The van der Waals surface area contributed by atoms with E-state index < -0.39 is 11.3 Å². The molecule has 0 aliphatic carbocycles. The van der Waals surface area contributed by atoms with Crippen molar-refractivity contribution in [3.63, 3.8) is 0 Å². The van der Waals surface area contributed by atoms with E-state index in [0.717, 1.165) is 18.1 Å². The minimum atomic E-state index is -2.96. The summed E-state index contributed by atoms with van der Waals surface area (Å²) >= 11 is 4.45. The molecule has 0 saturated heterocycles. The van der Waals surface area contributed by atoms with Crippen LogP contribution in [0.2, 0.25) is 0 Å². The van der Waals surface area contributed by atoms with E-state index in [1.165, 1.54) is 15.9 Å². The predicted molar refractivity (Wildman–Crippen MR) is 136 cm³/mol. The number of hydrogen-bond donors (Lipinski definition) is 1. The number of aryl methyl sites for hydroxylation is 1. The molecule has 4 aromatic rings. The predicted octanol–water partition coefficient (Wildman–Crippen LogP) is 5.77. The van der Waals surface area contributed by atoms with Gasteiger partial charge in [-0.2, -0.15) is 0 Å². The number of carboxylic acid groups (broad SMARTS) is 1. The monoisotopic (exact) mass is 490 g/mol. The van der Waals surface area contributed by atoms with Crippen LogP contribution in [0.3, 0.4) is 0 Å². The number of carboxylic acids is 1. The third-order valence-corrected chi connectivity index (χ3v) is 15.8. The third-order valence-electron chi connectivity index (χ3n) is 5.90. The minimum absolute atomic E-state index is 0.314. The van der Waals surface area contributed by atoms with Gasteiger partial charge in [-0.1, -0.05) is 0 Å². The van der Waals surface area contributed by atoms with E-state index in [1.54, 1.807) is 12.1 Å². The van der Waals surface area contributed by atoms with E-state index in [9.17, 15) is 9.90 Å². The second-order valence-electron chi connectivity index (χ2n) is 7.67. The SMILES string of the molecule is O=C(O)c1ccc(CCP(Br)(c2ccccc2)(c2ccccc2)c2ccccc2)cc1. The van der Waals surface area contributed by atoms with Crippen molar-refractivity contribution >= 4 is 42.7 Å². The van der Waals surface area contributed by atoms with Crippen LogP contribution in [-0.4, -0.2) is 17.2 Å². The van der Waals surface area contributed by atoms with Gasteiger partial charge in [0.15, 0.2) is 0 Å². The van der Waals surface area contributed by atoms with E-state index in [2.05, 4.69) is 106 Å². The molecule has 1 N–H and O–H groups in total. The maximum absolute atomic E-state index is 11.2. The first kappa shape index (κ1) is 21.5. The zero-order chi connectivity index (χ0) is 21.8. The summed E-state index contributed by atoms with van der Waals surface area (Å²) in [5.41, 5.74) is 1.44. The van der Waals surface area contributed by atoms with Gasteiger partial charge in [0.2, 0.25) is 0 Å². The molecule has 31 heavy (non-hydrogen) atoms. The summed E-state index contributed by atoms with van der Waals surface area (Å²) in [6.45, 7) is 0. The number of halogens is 1. The van der Waals surface area contributed by atoms with Gasteiger partial charge in [-0.05, 0) is 0 Å². The molecule has 0 aliphatic rings. The van der Waals surface area contributed by atoms with Crippen molar-refractivity contribution in [2.24, 2.45) is 0 Å². The molecule has 0 fully saturated rings. The van der Waals surface area contributed by atoms with Crippen LogP contribution in [0.1, 0.15) is 15.9 Å². The standard InChI is InChI=1S/C27H24BrO2P/c28-31(24-10-4-1-5-11-24,25-12-6-2-7-13-25,26-14-8-3-9-15-26)21-20-22-16-18-23(19-17-22)27(29)30/h1-19H,20-21H2,(H,29,30). The molecule has 0 atom stereocenters. The summed E-state index contributed by atoms with van der Waals surface area (Å²) in [6.07, 6.45) is 1.71. The molecule has 0 amide bonds. The molecular weight excluding hydrogens is 467 g/mol. The molecule has 0 unspecified atom stereocenters. The Balaban J connectivity index is 1.89. The van der Waals surface area contributed by atoms with Gasteiger partial charge >= 0.3 is 192 Å². The zero-order valence-corrected chi connectivity index (χ0v) is 19.5. The number of benzene rings is 4. The van der Waals surface area contributed by atoms with Crippen LogP contribution in [0, 0.1) is 0 Å². The average Bonchev–Trinajstić information content (AvgIpc) is 2.84. The Morgan fingerprint density at radius 1 is 0.645 bits per heavy atom. The van der Waals surface area contributed by atoms with Crippen molar-refractivity contribution < 1.29 is 9.90 Å². The Morgan fingerprint density at radius 3 is 1.39 bits per heavy atom. The first-order valence-corrected chi connectivity index (χ1v) is 14.7. The molecule has 0 bridgehead atoms. The molecule has 0 radical (unpaired) electrons. The van der Waals surface area contributed by atoms with Gasteiger partial charge in [-0.15, -0.1) is 0 Å². The molecule has 0 spiro atoms. The van der Waals surface area contributed by atoms with Crippen LogP contribution in [0.5, 0.6) is 0 Å². The quantitative estimate of drug-likeness (QED) is 0.334. The van der Waals surface area contributed by atoms with Crippen molar-refractivity contribution in [1.29, 1.82) is 0 Å². The summed E-state index contributed by atoms with van der Waals surface area (Å²) in [5, 5.41) is 10.1. The van der Waals surface area contributed by atoms with Gasteiger partial charge in [0, 0.05) is 0 Å². The van der Waals surface area contributed by atoms with E-state index in [4.69, 9.17) is 0 Å². The molecule has 4 heteroatoms. The summed E-state index contributed by atoms with van der Waals surface area (Å²) in [6, 6.07) is 39.3. The zero-order valence-electron chi connectivity index (χ0n) is 17.1. The molecule has 4 aromatic carbocycles. The molecule has 4 rings (SSSR count). The summed E-state index contributed by atoms with van der Waals surface area (Å²) in [5.74, 6) is -0.899. The Hall–Kier alpha value is -2.74. The number of carbonyl (C=O) groups is 1. The Labute approximate surface area is 191 Å². The van der Waals surface area contributed by atoms with E-state index >= 15 is 0 Å². The molecular formula is C27H24BrO2P. The Morgan fingerprint density at radius 2 is 1.03 bits per heavy atom. The summed E-state index contributed by atoms with van der Waals surface area (Å²) < 4.78 is 0. The second-order valence-corrected chi connectivity index (χ2v) is 16.7. The normalized spacial score (nSPS) is 12.6. The van der Waals surface area contributed by atoms with Gasteiger partial charge in [0.25, 0.3) is 0 Å². The number of hydrogen-bond acceptors (Lipinski definition) is 1. The first-order chi connectivity index (χ1) is 15.0. The van der Waals surface area contributed by atoms with Crippen molar-refractivity contribution in [2.75, 3.05) is 6.16 Å². The van der Waals surface area contributed by atoms with E-state index in [-0.39, 0.29) is 0 Å². The van der Waals surface area contributed by atoms with Crippen LogP contribution < -0.4 is 15.9 Å². The number of rotatable bonds is 7. The summed E-state index contributed by atoms with van der Waals surface area (Å²) in [7, 11) is 0. The average molecular weight is 491 g/mol. The number of aromatic carboxylic acids is 1. The van der Waals surface area contributed by atoms with Crippen LogP contribution in [0.25, 0.3) is 0 Å². The molecule has 0 saturated carbocycles. The van der Waals surface area contributed by atoms with Gasteiger partial charge in [-0.25, -0.2) is 0 Å². The fraction of sp³-hybridized carbons (Fsp3) is 0.0741.